The van der Waals surface area contributed by atoms with Crippen molar-refractivity contribution in [3.05, 3.63) is 35.7 Å². The van der Waals surface area contributed by atoms with E-state index in [1.165, 1.54) is 36.8 Å². The minimum absolute atomic E-state index is 0.571. The van der Waals surface area contributed by atoms with Crippen LogP contribution in [0.15, 0.2) is 24.4 Å². The lowest BCUT2D eigenvalue weighted by molar-refractivity contribution is 0.304. The van der Waals surface area contributed by atoms with E-state index in [4.69, 9.17) is 0 Å². The van der Waals surface area contributed by atoms with Gasteiger partial charge in [-0.25, -0.2) is 0 Å². The highest BCUT2D eigenvalue weighted by atomic mass is 14.9. The maximum absolute atomic E-state index is 4.42. The molecule has 0 radical (unpaired) electrons. The molecule has 1 aromatic rings. The van der Waals surface area contributed by atoms with Crippen molar-refractivity contribution in [1.29, 1.82) is 0 Å². The molecular formula is C15H20N2. The number of piperidine rings is 1. The third kappa shape index (κ3) is 2.14. The van der Waals surface area contributed by atoms with E-state index < -0.39 is 0 Å². The van der Waals surface area contributed by atoms with Gasteiger partial charge in [-0.15, -0.1) is 0 Å². The van der Waals surface area contributed by atoms with Crippen molar-refractivity contribution in [2.45, 2.75) is 38.6 Å². The largest absolute Gasteiger partial charge is 0.310 e. The van der Waals surface area contributed by atoms with Gasteiger partial charge in [0.05, 0.1) is 0 Å². The minimum atomic E-state index is 0.571. The van der Waals surface area contributed by atoms with E-state index in [0.717, 1.165) is 18.2 Å². The predicted octanol–water partition coefficient (Wildman–Crippen LogP) is 2.94. The standard InChI is InChI=1S/C15H20N2/c1-11-7-8-13(10-17-11)14-6-2-4-12-5-3-9-16-15(12)14/h6-8,10,12,15-16H,2-5,9H2,1H3. The summed E-state index contributed by atoms with van der Waals surface area (Å²) in [6, 6.07) is 4.90. The molecule has 3 rings (SSSR count). The molecule has 2 aliphatic rings. The van der Waals surface area contributed by atoms with Gasteiger partial charge in [0.25, 0.3) is 0 Å². The van der Waals surface area contributed by atoms with Gasteiger partial charge < -0.3 is 5.32 Å². The third-order valence-corrected chi connectivity index (χ3v) is 4.07. The number of fused-ring (bicyclic) bond motifs is 1. The highest BCUT2D eigenvalue weighted by Crippen LogP contribution is 2.35. The number of nitrogens with zero attached hydrogens (tertiary/aromatic N) is 1. The molecule has 0 bridgehead atoms. The van der Waals surface area contributed by atoms with Crippen molar-refractivity contribution < 1.29 is 0 Å². The Bertz CT molecular complexity index is 419. The lowest BCUT2D eigenvalue weighted by atomic mass is 9.77. The summed E-state index contributed by atoms with van der Waals surface area (Å²) in [6.07, 6.45) is 9.73. The summed E-state index contributed by atoms with van der Waals surface area (Å²) in [6.45, 7) is 3.21. The predicted molar refractivity (Wildman–Crippen MR) is 70.7 cm³/mol. The molecular weight excluding hydrogens is 208 g/mol. The zero-order chi connectivity index (χ0) is 11.7. The van der Waals surface area contributed by atoms with Crippen LogP contribution >= 0.6 is 0 Å². The average molecular weight is 228 g/mol. The molecule has 1 fully saturated rings. The van der Waals surface area contributed by atoms with Crippen LogP contribution in [0.4, 0.5) is 0 Å². The minimum Gasteiger partial charge on any atom is -0.310 e. The molecule has 2 unspecified atom stereocenters. The molecule has 90 valence electrons. The second kappa shape index (κ2) is 4.61. The van der Waals surface area contributed by atoms with Gasteiger partial charge in [0.15, 0.2) is 0 Å². The van der Waals surface area contributed by atoms with Gasteiger partial charge >= 0.3 is 0 Å². The Morgan fingerprint density at radius 2 is 2.24 bits per heavy atom. The summed E-state index contributed by atoms with van der Waals surface area (Å²) in [5.41, 5.74) is 3.88. The lowest BCUT2D eigenvalue weighted by Crippen LogP contribution is -2.43. The highest BCUT2D eigenvalue weighted by Gasteiger charge is 2.30. The molecule has 0 aromatic carbocycles. The molecule has 0 amide bonds. The second-order valence-corrected chi connectivity index (χ2v) is 5.26. The van der Waals surface area contributed by atoms with Crippen molar-refractivity contribution in [1.82, 2.24) is 10.3 Å². The maximum atomic E-state index is 4.42. The Hall–Kier alpha value is -1.15. The quantitative estimate of drug-likeness (QED) is 0.799. The zero-order valence-electron chi connectivity index (χ0n) is 10.4. The molecule has 2 heterocycles. The number of nitrogens with one attached hydrogen (secondary N) is 1. The van der Waals surface area contributed by atoms with Crippen molar-refractivity contribution in [2.75, 3.05) is 6.54 Å². The molecule has 1 aromatic heterocycles. The van der Waals surface area contributed by atoms with E-state index in [-0.39, 0.29) is 0 Å². The number of hydrogen-bond donors (Lipinski definition) is 1. The fourth-order valence-electron chi connectivity index (χ4n) is 3.15. The van der Waals surface area contributed by atoms with Crippen molar-refractivity contribution >= 4 is 5.57 Å². The van der Waals surface area contributed by atoms with Gasteiger partial charge in [0.1, 0.15) is 0 Å². The first kappa shape index (κ1) is 11.0. The first-order valence-corrected chi connectivity index (χ1v) is 6.71. The first-order chi connectivity index (χ1) is 8.34. The molecule has 2 atom stereocenters. The molecule has 2 heteroatoms. The lowest BCUT2D eigenvalue weighted by Gasteiger charge is -2.37. The fraction of sp³-hybridized carbons (Fsp3) is 0.533. The number of hydrogen-bond acceptors (Lipinski definition) is 2. The highest BCUT2D eigenvalue weighted by molar-refractivity contribution is 5.70. The smallest absolute Gasteiger partial charge is 0.0373 e. The summed E-state index contributed by atoms with van der Waals surface area (Å²) in [4.78, 5) is 4.42. The third-order valence-electron chi connectivity index (χ3n) is 4.07. The number of aryl methyl sites for hydroxylation is 1. The van der Waals surface area contributed by atoms with Crippen LogP contribution in [0.2, 0.25) is 0 Å². The van der Waals surface area contributed by atoms with E-state index in [9.17, 15) is 0 Å². The summed E-state index contributed by atoms with van der Waals surface area (Å²) in [7, 11) is 0. The van der Waals surface area contributed by atoms with E-state index in [1.807, 2.05) is 13.1 Å². The Labute approximate surface area is 103 Å². The monoisotopic (exact) mass is 228 g/mol. The molecule has 0 saturated carbocycles. The van der Waals surface area contributed by atoms with Crippen LogP contribution in [0.1, 0.15) is 36.9 Å². The van der Waals surface area contributed by atoms with Crippen LogP contribution in [0.25, 0.3) is 5.57 Å². The molecule has 0 spiro atoms. The van der Waals surface area contributed by atoms with E-state index in [1.54, 1.807) is 0 Å². The normalized spacial score (nSPS) is 28.4. The molecule has 2 nitrogen and oxygen atoms in total. The van der Waals surface area contributed by atoms with E-state index in [2.05, 4.69) is 28.5 Å². The Kier molecular flexibility index (Phi) is 2.98. The molecule has 1 saturated heterocycles. The summed E-state index contributed by atoms with van der Waals surface area (Å²) in [5, 5.41) is 3.69. The number of allylic oxidation sites excluding steroid dienone is 1. The van der Waals surface area contributed by atoms with Gasteiger partial charge in [-0.05, 0) is 62.3 Å². The molecule has 1 N–H and O–H groups in total. The molecule has 1 aliphatic heterocycles. The summed E-state index contributed by atoms with van der Waals surface area (Å²) >= 11 is 0. The average Bonchev–Trinajstić information content (AvgIpc) is 2.39. The van der Waals surface area contributed by atoms with Crippen LogP contribution in [0, 0.1) is 12.8 Å². The maximum Gasteiger partial charge on any atom is 0.0373 e. The van der Waals surface area contributed by atoms with Crippen molar-refractivity contribution in [2.24, 2.45) is 5.92 Å². The van der Waals surface area contributed by atoms with E-state index in [0.29, 0.717) is 6.04 Å². The van der Waals surface area contributed by atoms with Gasteiger partial charge in [0.2, 0.25) is 0 Å². The zero-order valence-corrected chi connectivity index (χ0v) is 10.4. The van der Waals surface area contributed by atoms with Gasteiger partial charge in [-0.3, -0.25) is 4.98 Å². The summed E-state index contributed by atoms with van der Waals surface area (Å²) < 4.78 is 0. The fourth-order valence-corrected chi connectivity index (χ4v) is 3.15. The van der Waals surface area contributed by atoms with Crippen LogP contribution in [0.5, 0.6) is 0 Å². The Balaban J connectivity index is 1.90. The SMILES string of the molecule is Cc1ccc(C2=CCCC3CCCNC23)cn1. The Morgan fingerprint density at radius 1 is 1.29 bits per heavy atom. The number of aromatic nitrogens is 1. The van der Waals surface area contributed by atoms with Crippen molar-refractivity contribution in [3.8, 4) is 0 Å². The number of rotatable bonds is 1. The molecule has 17 heavy (non-hydrogen) atoms. The van der Waals surface area contributed by atoms with E-state index >= 15 is 0 Å². The van der Waals surface area contributed by atoms with Crippen LogP contribution < -0.4 is 5.32 Å². The Morgan fingerprint density at radius 3 is 3.06 bits per heavy atom. The number of pyridine rings is 1. The second-order valence-electron chi connectivity index (χ2n) is 5.26. The van der Waals surface area contributed by atoms with Crippen LogP contribution in [-0.4, -0.2) is 17.6 Å². The topological polar surface area (TPSA) is 24.9 Å². The molecule has 1 aliphatic carbocycles. The van der Waals surface area contributed by atoms with Gasteiger partial charge in [-0.2, -0.15) is 0 Å². The van der Waals surface area contributed by atoms with Crippen molar-refractivity contribution in [3.63, 3.8) is 0 Å². The first-order valence-electron chi connectivity index (χ1n) is 6.71. The van der Waals surface area contributed by atoms with Crippen LogP contribution in [0.3, 0.4) is 0 Å². The van der Waals surface area contributed by atoms with Gasteiger partial charge in [-0.1, -0.05) is 12.1 Å². The summed E-state index contributed by atoms with van der Waals surface area (Å²) in [5.74, 6) is 0.838. The van der Waals surface area contributed by atoms with Gasteiger partial charge in [0, 0.05) is 17.9 Å². The van der Waals surface area contributed by atoms with Crippen LogP contribution in [-0.2, 0) is 0 Å².